The first kappa shape index (κ1) is 22.5. The molecular weight excluding hydrogens is 424 g/mol. The summed E-state index contributed by atoms with van der Waals surface area (Å²) in [6.45, 7) is 5.49. The number of piperidine rings is 1. The predicted octanol–water partition coefficient (Wildman–Crippen LogP) is 3.45. The zero-order valence-corrected chi connectivity index (χ0v) is 19.4. The fourth-order valence-electron chi connectivity index (χ4n) is 4.37. The zero-order chi connectivity index (χ0) is 22.7. The number of carbonyl (C=O) groups excluding carboxylic acids is 1. The lowest BCUT2D eigenvalue weighted by molar-refractivity contribution is -0.116. The Hall–Kier alpha value is -2.71. The fourth-order valence-corrected chi connectivity index (χ4v) is 5.06. The lowest BCUT2D eigenvalue weighted by Crippen LogP contribution is -2.33. The molecule has 1 atom stereocenters. The van der Waals surface area contributed by atoms with Crippen LogP contribution in [0.3, 0.4) is 0 Å². The van der Waals surface area contributed by atoms with Crippen molar-refractivity contribution in [2.75, 3.05) is 24.7 Å². The van der Waals surface area contributed by atoms with Crippen LogP contribution >= 0.6 is 0 Å². The molecule has 1 aliphatic rings. The third kappa shape index (κ3) is 5.75. The van der Waals surface area contributed by atoms with Crippen molar-refractivity contribution in [2.24, 2.45) is 5.92 Å². The summed E-state index contributed by atoms with van der Waals surface area (Å²) < 4.78 is 25.4. The van der Waals surface area contributed by atoms with E-state index in [1.165, 1.54) is 24.7 Å². The van der Waals surface area contributed by atoms with Gasteiger partial charge in [0.05, 0.1) is 11.0 Å². The zero-order valence-electron chi connectivity index (χ0n) is 18.6. The highest BCUT2D eigenvalue weighted by Gasteiger charge is 2.18. The van der Waals surface area contributed by atoms with E-state index in [2.05, 4.69) is 34.3 Å². The quantitative estimate of drug-likeness (QED) is 0.591. The maximum atomic E-state index is 12.8. The number of hydrogen-bond acceptors (Lipinski definition) is 5. The lowest BCUT2D eigenvalue weighted by Gasteiger charge is -2.30. The number of anilines is 1. The van der Waals surface area contributed by atoms with Crippen molar-refractivity contribution in [3.05, 3.63) is 59.9 Å². The molecule has 1 aromatic heterocycles. The molecule has 0 saturated carbocycles. The molecular formula is C24H30N4O3S. The van der Waals surface area contributed by atoms with Gasteiger partial charge in [-0.05, 0) is 55.1 Å². The molecule has 1 aliphatic heterocycles. The van der Waals surface area contributed by atoms with Crippen molar-refractivity contribution in [3.8, 4) is 0 Å². The summed E-state index contributed by atoms with van der Waals surface area (Å²) in [5, 5.41) is 2.92. The average molecular weight is 455 g/mol. The van der Waals surface area contributed by atoms with Gasteiger partial charge in [0.2, 0.25) is 5.91 Å². The normalized spacial score (nSPS) is 17.5. The molecule has 0 radical (unpaired) electrons. The third-order valence-corrected chi connectivity index (χ3v) is 6.59. The van der Waals surface area contributed by atoms with Crippen LogP contribution in [0.4, 0.5) is 5.69 Å². The number of aromatic nitrogens is 2. The van der Waals surface area contributed by atoms with Gasteiger partial charge in [-0.25, -0.2) is 13.4 Å². The standard InChI is InChI=1S/C24H30N4O3S/c1-18-6-5-13-27(14-18)15-19-9-11-20(12-10-19)25-24(29)16-28-22-8-4-3-7-21(22)26-23(28)17-32(2,30)31/h3-4,7-12,18H,5-6,13-17H2,1-2H3,(H,25,29). The summed E-state index contributed by atoms with van der Waals surface area (Å²) in [6.07, 6.45) is 3.72. The second-order valence-corrected chi connectivity index (χ2v) is 11.0. The van der Waals surface area contributed by atoms with E-state index in [0.717, 1.165) is 36.8 Å². The van der Waals surface area contributed by atoms with Crippen LogP contribution in [-0.2, 0) is 33.5 Å². The van der Waals surface area contributed by atoms with Crippen molar-refractivity contribution in [3.63, 3.8) is 0 Å². The highest BCUT2D eigenvalue weighted by atomic mass is 32.2. The van der Waals surface area contributed by atoms with E-state index >= 15 is 0 Å². The summed E-state index contributed by atoms with van der Waals surface area (Å²) in [5.41, 5.74) is 3.37. The van der Waals surface area contributed by atoms with Gasteiger partial charge in [-0.3, -0.25) is 9.69 Å². The van der Waals surface area contributed by atoms with Gasteiger partial charge in [0.25, 0.3) is 0 Å². The Balaban J connectivity index is 1.43. The molecule has 1 amide bonds. The minimum Gasteiger partial charge on any atom is -0.325 e. The summed E-state index contributed by atoms with van der Waals surface area (Å²) >= 11 is 0. The highest BCUT2D eigenvalue weighted by molar-refractivity contribution is 7.89. The number of benzene rings is 2. The molecule has 1 N–H and O–H groups in total. The summed E-state index contributed by atoms with van der Waals surface area (Å²) in [5.74, 6) is 0.684. The Bertz CT molecular complexity index is 1200. The molecule has 4 rings (SSSR count). The Labute approximate surface area is 189 Å². The molecule has 3 aromatic rings. The van der Waals surface area contributed by atoms with Crippen molar-refractivity contribution in [1.29, 1.82) is 0 Å². The van der Waals surface area contributed by atoms with E-state index < -0.39 is 9.84 Å². The van der Waals surface area contributed by atoms with Crippen LogP contribution in [0.15, 0.2) is 48.5 Å². The van der Waals surface area contributed by atoms with Gasteiger partial charge in [-0.1, -0.05) is 31.2 Å². The van der Waals surface area contributed by atoms with Gasteiger partial charge in [0.1, 0.15) is 18.1 Å². The van der Waals surface area contributed by atoms with Crippen molar-refractivity contribution < 1.29 is 13.2 Å². The molecule has 1 fully saturated rings. The Morgan fingerprint density at radius 2 is 1.91 bits per heavy atom. The molecule has 170 valence electrons. The molecule has 8 heteroatoms. The van der Waals surface area contributed by atoms with Gasteiger partial charge in [-0.15, -0.1) is 0 Å². The highest BCUT2D eigenvalue weighted by Crippen LogP contribution is 2.20. The third-order valence-electron chi connectivity index (χ3n) is 5.81. The van der Waals surface area contributed by atoms with Crippen molar-refractivity contribution >= 4 is 32.5 Å². The number of nitrogens with one attached hydrogen (secondary N) is 1. The van der Waals surface area contributed by atoms with Crippen molar-refractivity contribution in [2.45, 2.75) is 38.6 Å². The van der Waals surface area contributed by atoms with E-state index in [0.29, 0.717) is 11.3 Å². The number of likely N-dealkylation sites (tertiary alicyclic amines) is 1. The van der Waals surface area contributed by atoms with Crippen LogP contribution in [0, 0.1) is 5.92 Å². The smallest absolute Gasteiger partial charge is 0.244 e. The van der Waals surface area contributed by atoms with Crippen LogP contribution in [0.2, 0.25) is 0 Å². The first-order valence-corrected chi connectivity index (χ1v) is 13.1. The van der Waals surface area contributed by atoms with Crippen LogP contribution in [0.5, 0.6) is 0 Å². The van der Waals surface area contributed by atoms with Crippen LogP contribution in [0.25, 0.3) is 11.0 Å². The summed E-state index contributed by atoms with van der Waals surface area (Å²) in [6, 6.07) is 15.3. The van der Waals surface area contributed by atoms with Gasteiger partial charge < -0.3 is 9.88 Å². The van der Waals surface area contributed by atoms with Crippen molar-refractivity contribution in [1.82, 2.24) is 14.5 Å². The van der Waals surface area contributed by atoms with E-state index in [-0.39, 0.29) is 18.2 Å². The SMILES string of the molecule is CC1CCCN(Cc2ccc(NC(=O)Cn3c(CS(C)(=O)=O)nc4ccccc43)cc2)C1. The lowest BCUT2D eigenvalue weighted by atomic mass is 10.00. The molecule has 0 bridgehead atoms. The monoisotopic (exact) mass is 454 g/mol. The van der Waals surface area contributed by atoms with Gasteiger partial charge in [-0.2, -0.15) is 0 Å². The van der Waals surface area contributed by atoms with E-state index in [9.17, 15) is 13.2 Å². The summed E-state index contributed by atoms with van der Waals surface area (Å²) in [4.78, 5) is 19.7. The largest absolute Gasteiger partial charge is 0.325 e. The minimum atomic E-state index is -3.28. The number of amides is 1. The number of carbonyl (C=O) groups is 1. The number of sulfone groups is 1. The van der Waals surface area contributed by atoms with E-state index in [1.54, 1.807) is 4.57 Å². The number of para-hydroxylation sites is 2. The first-order chi connectivity index (χ1) is 15.3. The van der Waals surface area contributed by atoms with Gasteiger partial charge >= 0.3 is 0 Å². The number of imidazole rings is 1. The van der Waals surface area contributed by atoms with E-state index in [4.69, 9.17) is 0 Å². The first-order valence-electron chi connectivity index (χ1n) is 11.0. The van der Waals surface area contributed by atoms with Gasteiger partial charge in [0.15, 0.2) is 9.84 Å². The van der Waals surface area contributed by atoms with Crippen LogP contribution < -0.4 is 5.32 Å². The number of hydrogen-bond donors (Lipinski definition) is 1. The minimum absolute atomic E-state index is 0.00121. The van der Waals surface area contributed by atoms with Crippen LogP contribution in [0.1, 0.15) is 31.2 Å². The Morgan fingerprint density at radius 1 is 1.16 bits per heavy atom. The summed E-state index contributed by atoms with van der Waals surface area (Å²) in [7, 11) is -3.28. The predicted molar refractivity (Wildman–Crippen MR) is 127 cm³/mol. The topological polar surface area (TPSA) is 84.3 Å². The molecule has 7 nitrogen and oxygen atoms in total. The molecule has 1 saturated heterocycles. The number of fused-ring (bicyclic) bond motifs is 1. The maximum absolute atomic E-state index is 12.8. The number of rotatable bonds is 7. The second kappa shape index (κ2) is 9.42. The molecule has 0 spiro atoms. The maximum Gasteiger partial charge on any atom is 0.244 e. The molecule has 2 aromatic carbocycles. The average Bonchev–Trinajstić information content (AvgIpc) is 3.05. The molecule has 32 heavy (non-hydrogen) atoms. The van der Waals surface area contributed by atoms with E-state index in [1.807, 2.05) is 36.4 Å². The Morgan fingerprint density at radius 3 is 2.62 bits per heavy atom. The molecule has 1 unspecified atom stereocenters. The molecule has 2 heterocycles. The van der Waals surface area contributed by atoms with Crippen LogP contribution in [-0.4, -0.2) is 48.1 Å². The number of nitrogens with zero attached hydrogens (tertiary/aromatic N) is 3. The Kier molecular flexibility index (Phi) is 6.62. The van der Waals surface area contributed by atoms with Gasteiger partial charge in [0, 0.05) is 25.0 Å². The molecule has 0 aliphatic carbocycles. The second-order valence-electron chi connectivity index (χ2n) is 8.90. The fraction of sp³-hybridized carbons (Fsp3) is 0.417.